The zero-order chi connectivity index (χ0) is 22.2. The van der Waals surface area contributed by atoms with Crippen molar-refractivity contribution < 1.29 is 14.3 Å². The molecular formula is C24H32N4O3. The highest BCUT2D eigenvalue weighted by Crippen LogP contribution is 2.60. The molecule has 4 N–H and O–H groups in total. The van der Waals surface area contributed by atoms with E-state index in [1.54, 1.807) is 7.11 Å². The number of amidine groups is 1. The van der Waals surface area contributed by atoms with Crippen molar-refractivity contribution in [1.82, 2.24) is 0 Å². The number of nitriles is 1. The van der Waals surface area contributed by atoms with Crippen LogP contribution >= 0.6 is 0 Å². The van der Waals surface area contributed by atoms with Gasteiger partial charge >= 0.3 is 0 Å². The van der Waals surface area contributed by atoms with E-state index in [1.807, 2.05) is 31.2 Å². The van der Waals surface area contributed by atoms with Gasteiger partial charge in [0.25, 0.3) is 0 Å². The van der Waals surface area contributed by atoms with Gasteiger partial charge in [0, 0.05) is 11.0 Å². The van der Waals surface area contributed by atoms with Crippen molar-refractivity contribution >= 4 is 11.7 Å². The van der Waals surface area contributed by atoms with Crippen molar-refractivity contribution in [2.45, 2.75) is 63.7 Å². The highest BCUT2D eigenvalue weighted by molar-refractivity contribution is 5.89. The third-order valence-electron chi connectivity index (χ3n) is 7.73. The highest BCUT2D eigenvalue weighted by atomic mass is 16.5. The number of ether oxygens (including phenoxy) is 2. The summed E-state index contributed by atoms with van der Waals surface area (Å²) >= 11 is 0. The molecule has 0 spiro atoms. The third-order valence-corrected chi connectivity index (χ3v) is 7.73. The minimum Gasteiger partial charge on any atom is -0.496 e. The number of hydrogen-bond acceptors (Lipinski definition) is 5. The van der Waals surface area contributed by atoms with Crippen LogP contribution < -0.4 is 16.2 Å². The van der Waals surface area contributed by atoms with E-state index < -0.39 is 5.60 Å². The average molecular weight is 425 g/mol. The normalized spacial score (nSPS) is 33.5. The first-order valence-electron chi connectivity index (χ1n) is 11.1. The molecule has 4 aliphatic rings. The lowest BCUT2D eigenvalue weighted by Crippen LogP contribution is -2.58. The number of nitrogens with zero attached hydrogens (tertiary/aromatic N) is 2. The molecular weight excluding hydrogens is 392 g/mol. The molecule has 0 heterocycles. The minimum absolute atomic E-state index is 0.0666. The van der Waals surface area contributed by atoms with Crippen LogP contribution in [-0.4, -0.2) is 30.5 Å². The van der Waals surface area contributed by atoms with Crippen molar-refractivity contribution in [2.24, 2.45) is 39.6 Å². The summed E-state index contributed by atoms with van der Waals surface area (Å²) in [6.07, 6.45) is 4.78. The van der Waals surface area contributed by atoms with Gasteiger partial charge in [0.15, 0.2) is 0 Å². The van der Waals surface area contributed by atoms with E-state index in [9.17, 15) is 10.1 Å². The van der Waals surface area contributed by atoms with Crippen LogP contribution in [0.5, 0.6) is 5.75 Å². The fraction of sp³-hybridized carbons (Fsp3) is 0.625. The van der Waals surface area contributed by atoms with Crippen LogP contribution in [-0.2, 0) is 16.1 Å². The number of benzene rings is 1. The van der Waals surface area contributed by atoms with Gasteiger partial charge in [-0.15, -0.1) is 0 Å². The van der Waals surface area contributed by atoms with E-state index in [4.69, 9.17) is 25.9 Å². The highest BCUT2D eigenvalue weighted by Gasteiger charge is 2.58. The zero-order valence-electron chi connectivity index (χ0n) is 18.3. The number of primary amides is 1. The summed E-state index contributed by atoms with van der Waals surface area (Å²) in [5.74, 6) is 2.13. The van der Waals surface area contributed by atoms with Crippen molar-refractivity contribution in [3.05, 3.63) is 29.8 Å². The van der Waals surface area contributed by atoms with E-state index in [-0.39, 0.29) is 30.4 Å². The summed E-state index contributed by atoms with van der Waals surface area (Å²) < 4.78 is 11.6. The fourth-order valence-electron chi connectivity index (χ4n) is 6.23. The van der Waals surface area contributed by atoms with Gasteiger partial charge < -0.3 is 20.9 Å². The summed E-state index contributed by atoms with van der Waals surface area (Å²) in [6.45, 7) is 2.09. The minimum atomic E-state index is -0.994. The van der Waals surface area contributed by atoms with Crippen LogP contribution in [0.4, 0.5) is 0 Å². The van der Waals surface area contributed by atoms with Gasteiger partial charge in [0.1, 0.15) is 17.2 Å². The van der Waals surface area contributed by atoms with Crippen LogP contribution in [0.3, 0.4) is 0 Å². The third kappa shape index (κ3) is 3.89. The van der Waals surface area contributed by atoms with Crippen LogP contribution in [0.15, 0.2) is 29.3 Å². The number of para-hydroxylation sites is 1. The molecule has 4 aliphatic carbocycles. The number of methoxy groups -OCH3 is 1. The molecule has 166 valence electrons. The van der Waals surface area contributed by atoms with Crippen LogP contribution in [0.25, 0.3) is 0 Å². The number of rotatable bonds is 8. The predicted octanol–water partition coefficient (Wildman–Crippen LogP) is 2.92. The van der Waals surface area contributed by atoms with E-state index in [1.165, 1.54) is 0 Å². The number of carbonyl (C=O) groups excluding carboxylic acids is 1. The number of nitrogens with two attached hydrogens (primary N) is 2. The summed E-state index contributed by atoms with van der Waals surface area (Å²) in [5, 5.41) is 9.43. The quantitative estimate of drug-likeness (QED) is 0.490. The number of hydrogen-bond donors (Lipinski definition) is 2. The lowest BCUT2D eigenvalue weighted by atomic mass is 9.48. The Hall–Kier alpha value is -2.59. The Bertz CT molecular complexity index is 908. The van der Waals surface area contributed by atoms with E-state index >= 15 is 0 Å². The lowest BCUT2D eigenvalue weighted by Gasteiger charge is -2.57. The molecule has 3 atom stereocenters. The molecule has 1 aromatic carbocycles. The van der Waals surface area contributed by atoms with Gasteiger partial charge in [0.05, 0.1) is 32.2 Å². The number of carbonyl (C=O) groups is 1. The first kappa shape index (κ1) is 21.6. The standard InChI is InChI=1S/C24H32N4O3/c1-23(7-8-25,31-14-16-5-3-4-6-19(16)30-2)21(26)28-20-17-9-15-10-18(20)13-24(11-15,12-17)22(27)29/h3-6,15,17-18,20H,7,9-14H2,1-2H3,(H2,26,28)(H2,27,29). The van der Waals surface area contributed by atoms with Crippen molar-refractivity contribution in [3.63, 3.8) is 0 Å². The zero-order valence-corrected chi connectivity index (χ0v) is 18.3. The summed E-state index contributed by atoms with van der Waals surface area (Å²) in [4.78, 5) is 17.1. The molecule has 1 aromatic rings. The summed E-state index contributed by atoms with van der Waals surface area (Å²) in [7, 11) is 1.62. The second-order valence-corrected chi connectivity index (χ2v) is 9.79. The maximum absolute atomic E-state index is 12.2. The molecule has 7 heteroatoms. The average Bonchev–Trinajstić information content (AvgIpc) is 2.74. The predicted molar refractivity (Wildman–Crippen MR) is 117 cm³/mol. The Morgan fingerprint density at radius 1 is 1.26 bits per heavy atom. The Morgan fingerprint density at radius 2 is 1.94 bits per heavy atom. The van der Waals surface area contributed by atoms with Crippen LogP contribution in [0.1, 0.15) is 51.0 Å². The van der Waals surface area contributed by atoms with Gasteiger partial charge in [-0.05, 0) is 62.8 Å². The smallest absolute Gasteiger partial charge is 0.223 e. The molecule has 1 amide bonds. The summed E-state index contributed by atoms with van der Waals surface area (Å²) in [6, 6.07) is 9.89. The maximum Gasteiger partial charge on any atom is 0.223 e. The number of aliphatic imine (C=N–C) groups is 1. The SMILES string of the molecule is COc1ccccc1COC(C)(CC#N)C(N)=NC1C2CC3CC1CC(C(N)=O)(C3)C2. The largest absolute Gasteiger partial charge is 0.496 e. The van der Waals surface area contributed by atoms with Crippen LogP contribution in [0.2, 0.25) is 0 Å². The first-order chi connectivity index (χ1) is 14.8. The fourth-order valence-corrected chi connectivity index (χ4v) is 6.23. The Kier molecular flexibility index (Phi) is 5.69. The van der Waals surface area contributed by atoms with E-state index in [0.29, 0.717) is 23.6 Å². The van der Waals surface area contributed by atoms with Crippen molar-refractivity contribution in [3.8, 4) is 11.8 Å². The molecule has 0 aromatic heterocycles. The monoisotopic (exact) mass is 424 g/mol. The van der Waals surface area contributed by atoms with Gasteiger partial charge in [-0.25, -0.2) is 0 Å². The van der Waals surface area contributed by atoms with Gasteiger partial charge in [0.2, 0.25) is 5.91 Å². The topological polar surface area (TPSA) is 124 Å². The molecule has 4 saturated carbocycles. The first-order valence-corrected chi connectivity index (χ1v) is 11.1. The number of amides is 1. The van der Waals surface area contributed by atoms with E-state index in [2.05, 4.69) is 6.07 Å². The molecule has 3 unspecified atom stereocenters. The van der Waals surface area contributed by atoms with Gasteiger partial charge in [-0.2, -0.15) is 5.26 Å². The maximum atomic E-state index is 12.2. The molecule has 5 rings (SSSR count). The molecule has 7 nitrogen and oxygen atoms in total. The Morgan fingerprint density at radius 3 is 2.55 bits per heavy atom. The van der Waals surface area contributed by atoms with Gasteiger partial charge in [-0.3, -0.25) is 9.79 Å². The molecule has 4 bridgehead atoms. The molecule has 0 aliphatic heterocycles. The lowest BCUT2D eigenvalue weighted by molar-refractivity contribution is -0.144. The van der Waals surface area contributed by atoms with E-state index in [0.717, 1.165) is 43.4 Å². The second kappa shape index (κ2) is 8.16. The van der Waals surface area contributed by atoms with Crippen LogP contribution in [0, 0.1) is 34.5 Å². The van der Waals surface area contributed by atoms with Crippen molar-refractivity contribution in [2.75, 3.05) is 7.11 Å². The Labute approximate surface area is 183 Å². The molecule has 0 saturated heterocycles. The molecule has 0 radical (unpaired) electrons. The molecule has 4 fully saturated rings. The molecule has 31 heavy (non-hydrogen) atoms. The van der Waals surface area contributed by atoms with Gasteiger partial charge in [-0.1, -0.05) is 18.2 Å². The second-order valence-electron chi connectivity index (χ2n) is 9.79. The van der Waals surface area contributed by atoms with Crippen molar-refractivity contribution in [1.29, 1.82) is 5.26 Å². The Balaban J connectivity index is 1.54. The summed E-state index contributed by atoms with van der Waals surface area (Å²) in [5.41, 5.74) is 11.8.